The maximum absolute atomic E-state index is 14.6. The number of hydrogen-bond donors (Lipinski definition) is 1. The number of methoxy groups -OCH3 is 3. The Morgan fingerprint density at radius 1 is 0.915 bits per heavy atom. The summed E-state index contributed by atoms with van der Waals surface area (Å²) in [6, 6.07) is 23.0. The molecule has 0 aliphatic carbocycles. The van der Waals surface area contributed by atoms with Gasteiger partial charge in [0.05, 0.1) is 55.2 Å². The highest BCUT2D eigenvalue weighted by Gasteiger charge is 2.50. The number of anilines is 1. The van der Waals surface area contributed by atoms with Crippen LogP contribution in [0.2, 0.25) is 10.0 Å². The molecule has 0 bridgehead atoms. The van der Waals surface area contributed by atoms with Crippen molar-refractivity contribution in [3.05, 3.63) is 111 Å². The number of ether oxygens (including phenoxy) is 3. The number of amides is 1. The number of aromatic nitrogens is 2. The van der Waals surface area contributed by atoms with E-state index in [4.69, 9.17) is 46.6 Å². The number of halogens is 3. The highest BCUT2D eigenvalue weighted by Crippen LogP contribution is 2.46. The lowest BCUT2D eigenvalue weighted by Gasteiger charge is -2.50. The summed E-state index contributed by atoms with van der Waals surface area (Å²) in [4.78, 5) is 23.3. The predicted molar refractivity (Wildman–Crippen MR) is 227 cm³/mol. The maximum atomic E-state index is 14.6. The van der Waals surface area contributed by atoms with Crippen LogP contribution >= 0.6 is 23.2 Å². The highest BCUT2D eigenvalue weighted by atomic mass is 35.5. The summed E-state index contributed by atoms with van der Waals surface area (Å²) in [6.45, 7) is 2.89. The minimum atomic E-state index is -4.09. The number of nitrogens with zero attached hydrogens (tertiary/aromatic N) is 4. The van der Waals surface area contributed by atoms with Crippen LogP contribution in [0.3, 0.4) is 0 Å². The summed E-state index contributed by atoms with van der Waals surface area (Å²) in [6.07, 6.45) is 2.97. The summed E-state index contributed by atoms with van der Waals surface area (Å²) in [7, 11) is 0.307. The standard InChI is InChI=1S/C43H48Cl2FN5O7S/c1-55-37-24-29(25-38(56-2)39(37)57-3)40(52)50-20-7-18-43(41(50)58-59(4,53)54,30-12-15-33(44)34(45)26-30)19-23-49-21-16-32(17-22-49)47-42-48-35-8-5-6-9-36(35)51(42)27-28-10-13-31(46)14-11-28/h5-6,8-15,24-26,32,41H,7,16-23,27H2,1-4H3,(H,47,48). The van der Waals surface area contributed by atoms with Crippen molar-refractivity contribution in [2.45, 2.75) is 56.3 Å². The molecular formula is C43H48Cl2FN5O7S. The molecule has 2 fully saturated rings. The molecule has 2 aliphatic rings. The van der Waals surface area contributed by atoms with Gasteiger partial charge in [-0.05, 0) is 98.3 Å². The van der Waals surface area contributed by atoms with Crippen LogP contribution in [0.5, 0.6) is 17.2 Å². The van der Waals surface area contributed by atoms with Gasteiger partial charge in [0.25, 0.3) is 16.0 Å². The van der Waals surface area contributed by atoms with Crippen molar-refractivity contribution in [1.82, 2.24) is 19.4 Å². The Hall–Kier alpha value is -4.60. The molecule has 1 aromatic heterocycles. The molecule has 12 nitrogen and oxygen atoms in total. The SMILES string of the molecule is COc1cc(C(=O)N2CCCC(CCN3CCC(Nc4nc5ccccc5n4Cc4ccc(F)cc4)CC3)(c3ccc(Cl)c(Cl)c3)C2OS(C)(=O)=O)cc(OC)c1OC. The topological polar surface area (TPSA) is 124 Å². The highest BCUT2D eigenvalue weighted by molar-refractivity contribution is 7.86. The van der Waals surface area contributed by atoms with Crippen LogP contribution in [0.1, 0.15) is 53.6 Å². The lowest BCUT2D eigenvalue weighted by Crippen LogP contribution is -2.59. The van der Waals surface area contributed by atoms with Gasteiger partial charge >= 0.3 is 0 Å². The number of hydrogen-bond acceptors (Lipinski definition) is 10. The molecule has 2 saturated heterocycles. The molecule has 1 N–H and O–H groups in total. The lowest BCUT2D eigenvalue weighted by atomic mass is 9.69. The first-order chi connectivity index (χ1) is 28.3. The average Bonchev–Trinajstić information content (AvgIpc) is 3.57. The van der Waals surface area contributed by atoms with Crippen molar-refractivity contribution in [1.29, 1.82) is 0 Å². The number of benzene rings is 4. The van der Waals surface area contributed by atoms with Gasteiger partial charge in [0, 0.05) is 36.7 Å². The molecule has 7 rings (SSSR count). The fraction of sp³-hybridized carbons (Fsp3) is 0.395. The molecule has 4 aromatic carbocycles. The van der Waals surface area contributed by atoms with Crippen LogP contribution in [0, 0.1) is 5.82 Å². The third kappa shape index (κ3) is 9.26. The molecule has 16 heteroatoms. The van der Waals surface area contributed by atoms with E-state index in [0.717, 1.165) is 60.3 Å². The lowest BCUT2D eigenvalue weighted by molar-refractivity contribution is -0.0514. The number of imidazole rings is 1. The molecule has 2 aliphatic heterocycles. The third-order valence-electron chi connectivity index (χ3n) is 11.4. The van der Waals surface area contributed by atoms with Gasteiger partial charge in [-0.15, -0.1) is 0 Å². The number of piperidine rings is 2. The molecule has 59 heavy (non-hydrogen) atoms. The van der Waals surface area contributed by atoms with Gasteiger partial charge in [-0.3, -0.25) is 4.79 Å². The van der Waals surface area contributed by atoms with Crippen LogP contribution in [0.15, 0.2) is 78.9 Å². The molecule has 3 heterocycles. The second kappa shape index (κ2) is 17.9. The van der Waals surface area contributed by atoms with Crippen LogP contribution in [-0.4, -0.2) is 99.7 Å². The molecule has 2 unspecified atom stereocenters. The second-order valence-electron chi connectivity index (χ2n) is 15.1. The van der Waals surface area contributed by atoms with Gasteiger partial charge in [-0.1, -0.05) is 53.5 Å². The van der Waals surface area contributed by atoms with E-state index >= 15 is 0 Å². The molecule has 1 amide bonds. The predicted octanol–water partition coefficient (Wildman–Crippen LogP) is 8.00. The van der Waals surface area contributed by atoms with E-state index in [-0.39, 0.29) is 35.5 Å². The Labute approximate surface area is 354 Å². The Morgan fingerprint density at radius 2 is 1.61 bits per heavy atom. The Bertz CT molecular complexity index is 2380. The second-order valence-corrected chi connectivity index (χ2v) is 17.5. The van der Waals surface area contributed by atoms with Gasteiger partial charge in [0.1, 0.15) is 5.82 Å². The molecular weight excluding hydrogens is 820 g/mol. The van der Waals surface area contributed by atoms with Crippen molar-refractivity contribution in [3.8, 4) is 17.2 Å². The Balaban J connectivity index is 1.14. The van der Waals surface area contributed by atoms with Crippen molar-refractivity contribution >= 4 is 56.2 Å². The first-order valence-electron chi connectivity index (χ1n) is 19.5. The Morgan fingerprint density at radius 3 is 2.25 bits per heavy atom. The zero-order valence-corrected chi connectivity index (χ0v) is 35.7. The summed E-state index contributed by atoms with van der Waals surface area (Å²) in [5, 5.41) is 4.37. The number of para-hydroxylation sites is 2. The maximum Gasteiger partial charge on any atom is 0.266 e. The first-order valence-corrected chi connectivity index (χ1v) is 22.0. The Kier molecular flexibility index (Phi) is 12.9. The number of likely N-dealkylation sites (tertiary alicyclic amines) is 2. The van der Waals surface area contributed by atoms with Crippen molar-refractivity contribution in [2.24, 2.45) is 0 Å². The monoisotopic (exact) mass is 867 g/mol. The van der Waals surface area contributed by atoms with E-state index in [1.54, 1.807) is 36.4 Å². The van der Waals surface area contributed by atoms with Gasteiger partial charge in [0.15, 0.2) is 17.7 Å². The van der Waals surface area contributed by atoms with E-state index in [0.29, 0.717) is 48.1 Å². The van der Waals surface area contributed by atoms with Crippen LogP contribution in [-0.2, 0) is 26.3 Å². The number of fused-ring (bicyclic) bond motifs is 1. The van der Waals surface area contributed by atoms with Crippen LogP contribution in [0.25, 0.3) is 11.0 Å². The number of carbonyl (C=O) groups is 1. The van der Waals surface area contributed by atoms with E-state index in [9.17, 15) is 17.6 Å². The minimum absolute atomic E-state index is 0.140. The fourth-order valence-electron chi connectivity index (χ4n) is 8.44. The van der Waals surface area contributed by atoms with E-state index in [1.807, 2.05) is 30.3 Å². The minimum Gasteiger partial charge on any atom is -0.493 e. The van der Waals surface area contributed by atoms with Gasteiger partial charge < -0.3 is 33.9 Å². The molecule has 0 spiro atoms. The zero-order valence-electron chi connectivity index (χ0n) is 33.4. The quantitative estimate of drug-likeness (QED) is 0.110. The van der Waals surface area contributed by atoms with Crippen LogP contribution < -0.4 is 19.5 Å². The summed E-state index contributed by atoms with van der Waals surface area (Å²) >= 11 is 13.0. The average molecular weight is 869 g/mol. The molecule has 2 atom stereocenters. The summed E-state index contributed by atoms with van der Waals surface area (Å²) in [5.41, 5.74) is 2.77. The summed E-state index contributed by atoms with van der Waals surface area (Å²) < 4.78 is 64.6. The third-order valence-corrected chi connectivity index (χ3v) is 12.7. The number of rotatable bonds is 14. The van der Waals surface area contributed by atoms with E-state index < -0.39 is 27.7 Å². The van der Waals surface area contributed by atoms with Crippen molar-refractivity contribution in [2.75, 3.05) is 59.1 Å². The summed E-state index contributed by atoms with van der Waals surface area (Å²) in [5.74, 6) is 0.910. The van der Waals surface area contributed by atoms with Crippen LogP contribution in [0.4, 0.5) is 10.3 Å². The normalized spacial score (nSPS) is 19.2. The fourth-order valence-corrected chi connectivity index (χ4v) is 9.35. The van der Waals surface area contributed by atoms with E-state index in [1.165, 1.54) is 38.4 Å². The first kappa shape index (κ1) is 42.5. The van der Waals surface area contributed by atoms with E-state index in [2.05, 4.69) is 14.8 Å². The molecule has 0 saturated carbocycles. The number of carbonyl (C=O) groups excluding carboxylic acids is 1. The van der Waals surface area contributed by atoms with Gasteiger partial charge in [0.2, 0.25) is 11.7 Å². The van der Waals surface area contributed by atoms with Crippen molar-refractivity contribution in [3.63, 3.8) is 0 Å². The van der Waals surface area contributed by atoms with Crippen molar-refractivity contribution < 1.29 is 36.0 Å². The van der Waals surface area contributed by atoms with Gasteiger partial charge in [-0.2, -0.15) is 8.42 Å². The molecule has 5 aromatic rings. The molecule has 314 valence electrons. The number of nitrogens with one attached hydrogen (secondary N) is 1. The van der Waals surface area contributed by atoms with Gasteiger partial charge in [-0.25, -0.2) is 13.6 Å². The smallest absolute Gasteiger partial charge is 0.266 e. The molecule has 0 radical (unpaired) electrons. The zero-order chi connectivity index (χ0) is 41.9. The largest absolute Gasteiger partial charge is 0.493 e.